The third-order valence-electron chi connectivity index (χ3n) is 6.03. The fraction of sp³-hybridized carbons (Fsp3) is 0.172. The minimum atomic E-state index is -1.35. The molecule has 4 rings (SSSR count). The summed E-state index contributed by atoms with van der Waals surface area (Å²) in [6.07, 6.45) is 8.35. The first kappa shape index (κ1) is 23.2. The lowest BCUT2D eigenvalue weighted by atomic mass is 9.85. The summed E-state index contributed by atoms with van der Waals surface area (Å²) in [6, 6.07) is 29.2. The standard InChI is InChI=1S/C29H29N3O2/c1-24-31(19-11-14-25-12-5-2-6-13-25)20-21-32(24)22-23-34-29(28(30)33,26-15-7-3-8-16-26)27-17-9-4-10-18-27/h2-18,20-21H,19,22-23H2,1H3,(H-,30,33)/p+1/b14-11+. The van der Waals surface area contributed by atoms with Gasteiger partial charge in [-0.2, -0.15) is 0 Å². The zero-order valence-corrected chi connectivity index (χ0v) is 19.4. The van der Waals surface area contributed by atoms with Gasteiger partial charge in [0.05, 0.1) is 6.61 Å². The summed E-state index contributed by atoms with van der Waals surface area (Å²) in [7, 11) is 0. The maximum Gasteiger partial charge on any atom is 0.259 e. The van der Waals surface area contributed by atoms with Crippen LogP contribution in [0.3, 0.4) is 0 Å². The molecule has 0 spiro atoms. The highest BCUT2D eigenvalue weighted by atomic mass is 16.5. The molecular weight excluding hydrogens is 422 g/mol. The number of imidazole rings is 1. The number of rotatable bonds is 10. The number of allylic oxidation sites excluding steroid dienone is 1. The minimum absolute atomic E-state index is 0.322. The average Bonchev–Trinajstić information content (AvgIpc) is 3.22. The second-order valence-electron chi connectivity index (χ2n) is 8.13. The van der Waals surface area contributed by atoms with E-state index >= 15 is 0 Å². The third kappa shape index (κ3) is 5.00. The van der Waals surface area contributed by atoms with E-state index in [-0.39, 0.29) is 0 Å². The molecule has 5 heteroatoms. The molecule has 0 aliphatic rings. The van der Waals surface area contributed by atoms with Crippen molar-refractivity contribution in [2.75, 3.05) is 6.61 Å². The van der Waals surface area contributed by atoms with Crippen LogP contribution in [0.1, 0.15) is 22.5 Å². The van der Waals surface area contributed by atoms with Gasteiger partial charge in [-0.15, -0.1) is 0 Å². The molecule has 172 valence electrons. The number of benzene rings is 3. The van der Waals surface area contributed by atoms with E-state index in [9.17, 15) is 4.79 Å². The van der Waals surface area contributed by atoms with E-state index in [1.807, 2.05) is 85.1 Å². The molecule has 1 amide bonds. The van der Waals surface area contributed by atoms with Gasteiger partial charge in [-0.05, 0) is 22.8 Å². The van der Waals surface area contributed by atoms with Crippen molar-refractivity contribution in [2.24, 2.45) is 5.73 Å². The molecule has 2 N–H and O–H groups in total. The van der Waals surface area contributed by atoms with Gasteiger partial charge in [-0.25, -0.2) is 9.13 Å². The third-order valence-corrected chi connectivity index (χ3v) is 6.03. The molecule has 34 heavy (non-hydrogen) atoms. The Bertz CT molecular complexity index is 1190. The first-order valence-corrected chi connectivity index (χ1v) is 11.4. The lowest BCUT2D eigenvalue weighted by Gasteiger charge is -2.31. The van der Waals surface area contributed by atoms with Gasteiger partial charge in [0.15, 0.2) is 5.60 Å². The molecule has 0 atom stereocenters. The Labute approximate surface area is 200 Å². The molecule has 3 aromatic carbocycles. The summed E-state index contributed by atoms with van der Waals surface area (Å²) in [5.74, 6) is 0.570. The number of aromatic nitrogens is 2. The van der Waals surface area contributed by atoms with Crippen molar-refractivity contribution in [1.29, 1.82) is 0 Å². The Balaban J connectivity index is 1.49. The molecule has 5 nitrogen and oxygen atoms in total. The van der Waals surface area contributed by atoms with Crippen LogP contribution in [0, 0.1) is 6.92 Å². The van der Waals surface area contributed by atoms with E-state index in [0.29, 0.717) is 13.2 Å². The lowest BCUT2D eigenvalue weighted by molar-refractivity contribution is -0.692. The van der Waals surface area contributed by atoms with Gasteiger partial charge >= 0.3 is 0 Å². The molecule has 0 unspecified atom stereocenters. The van der Waals surface area contributed by atoms with Crippen molar-refractivity contribution < 1.29 is 14.1 Å². The van der Waals surface area contributed by atoms with E-state index in [1.54, 1.807) is 0 Å². The number of hydrogen-bond donors (Lipinski definition) is 1. The second-order valence-corrected chi connectivity index (χ2v) is 8.13. The highest BCUT2D eigenvalue weighted by molar-refractivity contribution is 5.89. The van der Waals surface area contributed by atoms with Crippen LogP contribution in [0.4, 0.5) is 0 Å². The van der Waals surface area contributed by atoms with E-state index in [1.165, 1.54) is 5.56 Å². The number of hydrogen-bond acceptors (Lipinski definition) is 2. The van der Waals surface area contributed by atoms with Gasteiger partial charge < -0.3 is 10.5 Å². The Kier molecular flexibility index (Phi) is 7.35. The summed E-state index contributed by atoms with van der Waals surface area (Å²) >= 11 is 0. The van der Waals surface area contributed by atoms with Crippen molar-refractivity contribution in [3.63, 3.8) is 0 Å². The molecule has 0 bridgehead atoms. The Hall–Kier alpha value is -3.96. The number of amides is 1. The normalized spacial score (nSPS) is 11.7. The number of carbonyl (C=O) groups is 1. The smallest absolute Gasteiger partial charge is 0.259 e. The minimum Gasteiger partial charge on any atom is -0.367 e. The van der Waals surface area contributed by atoms with Gasteiger partial charge in [0.1, 0.15) is 25.5 Å². The van der Waals surface area contributed by atoms with Gasteiger partial charge in [-0.1, -0.05) is 97.1 Å². The average molecular weight is 453 g/mol. The van der Waals surface area contributed by atoms with E-state index < -0.39 is 11.5 Å². The first-order chi connectivity index (χ1) is 16.6. The summed E-state index contributed by atoms with van der Waals surface area (Å²) in [4.78, 5) is 12.8. The van der Waals surface area contributed by atoms with E-state index in [0.717, 1.165) is 23.5 Å². The fourth-order valence-electron chi connectivity index (χ4n) is 4.17. The molecule has 1 heterocycles. The largest absolute Gasteiger partial charge is 0.367 e. The van der Waals surface area contributed by atoms with Crippen molar-refractivity contribution in [2.45, 2.75) is 25.6 Å². The molecule has 0 radical (unpaired) electrons. The molecular formula is C29H30N3O2+. The molecule has 0 aliphatic carbocycles. The van der Waals surface area contributed by atoms with Gasteiger partial charge in [0.25, 0.3) is 11.7 Å². The number of nitrogens with zero attached hydrogens (tertiary/aromatic N) is 2. The molecule has 1 aromatic heterocycles. The molecule has 0 saturated heterocycles. The van der Waals surface area contributed by atoms with Crippen LogP contribution in [0.2, 0.25) is 0 Å². The number of nitrogens with two attached hydrogens (primary N) is 1. The monoisotopic (exact) mass is 452 g/mol. The number of ether oxygens (including phenoxy) is 1. The van der Waals surface area contributed by atoms with Crippen LogP contribution in [0.25, 0.3) is 6.08 Å². The van der Waals surface area contributed by atoms with Crippen LogP contribution < -0.4 is 10.3 Å². The van der Waals surface area contributed by atoms with Crippen LogP contribution in [-0.2, 0) is 28.2 Å². The SMILES string of the molecule is Cc1n(CCOC(C(N)=O)(c2ccccc2)c2ccccc2)cc[n+]1C/C=C/c1ccccc1. The Morgan fingerprint density at radius 1 is 0.941 bits per heavy atom. The van der Waals surface area contributed by atoms with Crippen LogP contribution in [-0.4, -0.2) is 17.1 Å². The molecule has 0 aliphatic heterocycles. The van der Waals surface area contributed by atoms with E-state index in [2.05, 4.69) is 46.5 Å². The zero-order chi connectivity index (χ0) is 23.8. The Morgan fingerprint density at radius 2 is 1.50 bits per heavy atom. The van der Waals surface area contributed by atoms with Crippen molar-refractivity contribution in [1.82, 2.24) is 4.57 Å². The van der Waals surface area contributed by atoms with E-state index in [4.69, 9.17) is 10.5 Å². The van der Waals surface area contributed by atoms with Crippen LogP contribution in [0.15, 0.2) is 109 Å². The van der Waals surface area contributed by atoms with Gasteiger partial charge in [-0.3, -0.25) is 4.79 Å². The Morgan fingerprint density at radius 3 is 2.06 bits per heavy atom. The zero-order valence-electron chi connectivity index (χ0n) is 19.4. The molecule has 0 saturated carbocycles. The highest BCUT2D eigenvalue weighted by Crippen LogP contribution is 2.33. The molecule has 0 fully saturated rings. The summed E-state index contributed by atoms with van der Waals surface area (Å²) in [5, 5.41) is 0. The van der Waals surface area contributed by atoms with Crippen LogP contribution in [0.5, 0.6) is 0 Å². The second kappa shape index (κ2) is 10.8. The van der Waals surface area contributed by atoms with Crippen LogP contribution >= 0.6 is 0 Å². The molecule has 4 aromatic rings. The van der Waals surface area contributed by atoms with Gasteiger partial charge in [0.2, 0.25) is 0 Å². The summed E-state index contributed by atoms with van der Waals surface area (Å²) in [5.41, 5.74) is 7.24. The van der Waals surface area contributed by atoms with Crippen molar-refractivity contribution >= 4 is 12.0 Å². The predicted molar refractivity (Wildman–Crippen MR) is 134 cm³/mol. The number of carbonyl (C=O) groups excluding carboxylic acids is 1. The highest BCUT2D eigenvalue weighted by Gasteiger charge is 2.41. The van der Waals surface area contributed by atoms with Crippen molar-refractivity contribution in [3.8, 4) is 0 Å². The maximum absolute atomic E-state index is 12.8. The summed E-state index contributed by atoms with van der Waals surface area (Å²) in [6.45, 7) is 3.76. The topological polar surface area (TPSA) is 61.1 Å². The quantitative estimate of drug-likeness (QED) is 0.366. The predicted octanol–water partition coefficient (Wildman–Crippen LogP) is 4.24. The maximum atomic E-state index is 12.8. The van der Waals surface area contributed by atoms with Gasteiger partial charge in [0, 0.05) is 6.92 Å². The lowest BCUT2D eigenvalue weighted by Crippen LogP contribution is -2.45. The fourth-order valence-corrected chi connectivity index (χ4v) is 4.17. The summed E-state index contributed by atoms with van der Waals surface area (Å²) < 4.78 is 10.7. The van der Waals surface area contributed by atoms with Crippen molar-refractivity contribution in [3.05, 3.63) is 132 Å². The first-order valence-electron chi connectivity index (χ1n) is 11.4. The number of primary amides is 1.